The van der Waals surface area contributed by atoms with Gasteiger partial charge in [0.15, 0.2) is 5.16 Å². The number of hydrogen-bond donors (Lipinski definition) is 1. The van der Waals surface area contributed by atoms with Gasteiger partial charge in [-0.3, -0.25) is 4.79 Å². The number of nitrogens with one attached hydrogen (secondary N) is 1. The SMILES string of the molecule is Cc1cc(C)nc(SCc2ccc(C(=O)N/N=C/c3c(C)nn(-c4cccc(Cl)c4)c3Cl)cc2)n1. The van der Waals surface area contributed by atoms with Gasteiger partial charge in [-0.15, -0.1) is 0 Å². The van der Waals surface area contributed by atoms with E-state index in [1.54, 1.807) is 40.7 Å². The lowest BCUT2D eigenvalue weighted by Gasteiger charge is -2.05. The third-order valence-electron chi connectivity index (χ3n) is 5.01. The Morgan fingerprint density at radius 3 is 2.46 bits per heavy atom. The number of nitrogens with zero attached hydrogens (tertiary/aromatic N) is 5. The molecule has 4 aromatic rings. The summed E-state index contributed by atoms with van der Waals surface area (Å²) >= 11 is 14.1. The molecule has 0 unspecified atom stereocenters. The summed E-state index contributed by atoms with van der Waals surface area (Å²) in [5.41, 5.74) is 8.00. The van der Waals surface area contributed by atoms with E-state index in [0.29, 0.717) is 32.7 Å². The molecule has 2 heterocycles. The molecule has 7 nitrogen and oxygen atoms in total. The molecule has 35 heavy (non-hydrogen) atoms. The molecule has 2 aromatic carbocycles. The summed E-state index contributed by atoms with van der Waals surface area (Å²) in [5.74, 6) is 0.381. The summed E-state index contributed by atoms with van der Waals surface area (Å²) in [7, 11) is 0. The van der Waals surface area contributed by atoms with Crippen LogP contribution in [-0.2, 0) is 5.75 Å². The number of amides is 1. The number of aryl methyl sites for hydroxylation is 3. The highest BCUT2D eigenvalue weighted by Crippen LogP contribution is 2.24. The third-order valence-corrected chi connectivity index (χ3v) is 6.52. The second-order valence-corrected chi connectivity index (χ2v) is 9.54. The van der Waals surface area contributed by atoms with E-state index in [-0.39, 0.29) is 5.91 Å². The molecule has 2 aromatic heterocycles. The quantitative estimate of drug-likeness (QED) is 0.140. The van der Waals surface area contributed by atoms with Crippen LogP contribution < -0.4 is 5.43 Å². The van der Waals surface area contributed by atoms with Crippen molar-refractivity contribution in [2.24, 2.45) is 5.10 Å². The molecular formula is C25H22Cl2N6OS. The van der Waals surface area contributed by atoms with E-state index in [4.69, 9.17) is 23.2 Å². The van der Waals surface area contributed by atoms with Crippen LogP contribution in [0.4, 0.5) is 0 Å². The number of rotatable bonds is 7. The lowest BCUT2D eigenvalue weighted by atomic mass is 10.1. The zero-order chi connectivity index (χ0) is 24.9. The molecule has 0 spiro atoms. The number of halogens is 2. The molecule has 0 fully saturated rings. The Bertz CT molecular complexity index is 1380. The van der Waals surface area contributed by atoms with Crippen LogP contribution in [0.1, 0.15) is 38.6 Å². The minimum Gasteiger partial charge on any atom is -0.267 e. The van der Waals surface area contributed by atoms with Crippen molar-refractivity contribution in [3.63, 3.8) is 0 Å². The minimum atomic E-state index is -0.325. The maximum Gasteiger partial charge on any atom is 0.271 e. The molecule has 10 heteroatoms. The summed E-state index contributed by atoms with van der Waals surface area (Å²) < 4.78 is 1.58. The highest BCUT2D eigenvalue weighted by Gasteiger charge is 2.14. The van der Waals surface area contributed by atoms with Crippen molar-refractivity contribution in [1.82, 2.24) is 25.2 Å². The molecule has 1 amide bonds. The van der Waals surface area contributed by atoms with Crippen molar-refractivity contribution in [3.05, 3.63) is 98.5 Å². The van der Waals surface area contributed by atoms with Crippen molar-refractivity contribution in [2.45, 2.75) is 31.7 Å². The molecule has 1 N–H and O–H groups in total. The average Bonchev–Trinajstić information content (AvgIpc) is 3.11. The maximum atomic E-state index is 12.5. The fourth-order valence-corrected chi connectivity index (χ4v) is 4.73. The van der Waals surface area contributed by atoms with Gasteiger partial charge in [0.2, 0.25) is 0 Å². The Morgan fingerprint density at radius 1 is 1.06 bits per heavy atom. The van der Waals surface area contributed by atoms with Gasteiger partial charge in [-0.2, -0.15) is 10.2 Å². The van der Waals surface area contributed by atoms with Crippen molar-refractivity contribution in [2.75, 3.05) is 0 Å². The molecule has 0 bridgehead atoms. The van der Waals surface area contributed by atoms with Crippen molar-refractivity contribution in [1.29, 1.82) is 0 Å². The van der Waals surface area contributed by atoms with E-state index >= 15 is 0 Å². The number of hydrogen-bond acceptors (Lipinski definition) is 6. The number of hydrazone groups is 1. The highest BCUT2D eigenvalue weighted by molar-refractivity contribution is 7.98. The molecule has 0 aliphatic carbocycles. The zero-order valence-electron chi connectivity index (χ0n) is 19.3. The first kappa shape index (κ1) is 24.9. The van der Waals surface area contributed by atoms with Gasteiger partial charge in [0, 0.05) is 27.7 Å². The van der Waals surface area contributed by atoms with Gasteiger partial charge in [0.25, 0.3) is 5.91 Å². The number of thioether (sulfide) groups is 1. The van der Waals surface area contributed by atoms with Gasteiger partial charge in [0.05, 0.1) is 23.2 Å². The Morgan fingerprint density at radius 2 is 1.77 bits per heavy atom. The van der Waals surface area contributed by atoms with Gasteiger partial charge in [0.1, 0.15) is 5.15 Å². The molecule has 0 radical (unpaired) electrons. The summed E-state index contributed by atoms with van der Waals surface area (Å²) in [6, 6.07) is 16.5. The molecule has 0 saturated carbocycles. The number of carbonyl (C=O) groups is 1. The second kappa shape index (κ2) is 11.0. The van der Waals surface area contributed by atoms with Crippen LogP contribution in [0, 0.1) is 20.8 Å². The second-order valence-electron chi connectivity index (χ2n) is 7.80. The molecule has 0 saturated heterocycles. The van der Waals surface area contributed by atoms with Crippen molar-refractivity contribution < 1.29 is 4.79 Å². The average molecular weight is 525 g/mol. The van der Waals surface area contributed by atoms with E-state index in [1.807, 2.05) is 51.1 Å². The molecule has 4 rings (SSSR count). The van der Waals surface area contributed by atoms with Gasteiger partial charge < -0.3 is 0 Å². The summed E-state index contributed by atoms with van der Waals surface area (Å²) in [6.07, 6.45) is 1.48. The number of benzene rings is 2. The standard InChI is InChI=1S/C25H22Cl2N6OS/c1-15-11-16(2)30-25(29-15)35-14-18-7-9-19(10-8-18)24(34)31-28-13-22-17(3)32-33(23(22)27)21-6-4-5-20(26)12-21/h4-13H,14H2,1-3H3,(H,31,34)/b28-13+. The predicted molar refractivity (Wildman–Crippen MR) is 141 cm³/mol. The summed E-state index contributed by atoms with van der Waals surface area (Å²) in [4.78, 5) is 21.4. The largest absolute Gasteiger partial charge is 0.271 e. The number of aromatic nitrogens is 4. The van der Waals surface area contributed by atoms with E-state index in [2.05, 4.69) is 25.6 Å². The topological polar surface area (TPSA) is 85.1 Å². The van der Waals surface area contributed by atoms with Crippen LogP contribution in [-0.4, -0.2) is 31.9 Å². The first-order valence-corrected chi connectivity index (χ1v) is 12.4. The van der Waals surface area contributed by atoms with Crippen LogP contribution in [0.25, 0.3) is 5.69 Å². The first-order chi connectivity index (χ1) is 16.8. The third kappa shape index (κ3) is 6.28. The Balaban J connectivity index is 1.37. The van der Waals surface area contributed by atoms with Crippen LogP contribution in [0.3, 0.4) is 0 Å². The smallest absolute Gasteiger partial charge is 0.267 e. The maximum absolute atomic E-state index is 12.5. The Kier molecular flexibility index (Phi) is 7.85. The molecule has 0 aliphatic heterocycles. The Hall–Kier alpha value is -3.20. The summed E-state index contributed by atoms with van der Waals surface area (Å²) in [5, 5.41) is 10.2. The molecular weight excluding hydrogens is 503 g/mol. The lowest BCUT2D eigenvalue weighted by Crippen LogP contribution is -2.17. The van der Waals surface area contributed by atoms with Crippen LogP contribution in [0.15, 0.2) is 64.9 Å². The molecule has 0 aliphatic rings. The minimum absolute atomic E-state index is 0.325. The summed E-state index contributed by atoms with van der Waals surface area (Å²) in [6.45, 7) is 5.72. The number of carbonyl (C=O) groups excluding carboxylic acids is 1. The van der Waals surface area contributed by atoms with E-state index in [9.17, 15) is 4.79 Å². The molecule has 178 valence electrons. The van der Waals surface area contributed by atoms with Gasteiger partial charge >= 0.3 is 0 Å². The monoisotopic (exact) mass is 524 g/mol. The van der Waals surface area contributed by atoms with Gasteiger partial charge in [-0.25, -0.2) is 20.1 Å². The van der Waals surface area contributed by atoms with Crippen molar-refractivity contribution in [3.8, 4) is 5.69 Å². The van der Waals surface area contributed by atoms with Gasteiger partial charge in [-0.05, 0) is 62.7 Å². The molecule has 0 atom stereocenters. The predicted octanol–water partition coefficient (Wildman–Crippen LogP) is 5.95. The Labute approximate surface area is 217 Å². The fraction of sp³-hybridized carbons (Fsp3) is 0.160. The highest BCUT2D eigenvalue weighted by atomic mass is 35.5. The van der Waals surface area contributed by atoms with Crippen LogP contribution in [0.5, 0.6) is 0 Å². The van der Waals surface area contributed by atoms with Crippen molar-refractivity contribution >= 4 is 47.1 Å². The fourth-order valence-electron chi connectivity index (χ4n) is 3.32. The van der Waals surface area contributed by atoms with Crippen LogP contribution in [0.2, 0.25) is 10.2 Å². The van der Waals surface area contributed by atoms with E-state index < -0.39 is 0 Å². The van der Waals surface area contributed by atoms with E-state index in [1.165, 1.54) is 6.21 Å². The normalized spacial score (nSPS) is 11.2. The lowest BCUT2D eigenvalue weighted by molar-refractivity contribution is 0.0955. The zero-order valence-corrected chi connectivity index (χ0v) is 21.6. The first-order valence-electron chi connectivity index (χ1n) is 10.7. The van der Waals surface area contributed by atoms with Gasteiger partial charge in [-0.1, -0.05) is 53.2 Å². The van der Waals surface area contributed by atoms with Crippen LogP contribution >= 0.6 is 35.0 Å². The van der Waals surface area contributed by atoms with E-state index in [0.717, 1.165) is 27.8 Å².